The lowest BCUT2D eigenvalue weighted by Crippen LogP contribution is -2.03. The molecule has 1 aromatic heterocycles. The molecule has 1 heterocycles. The average molecular weight is 292 g/mol. The number of rotatable bonds is 4. The van der Waals surface area contributed by atoms with Crippen LogP contribution in [0, 0.1) is 17.0 Å². The number of esters is 1. The van der Waals surface area contributed by atoms with E-state index < -0.39 is 4.92 Å². The van der Waals surface area contributed by atoms with E-state index in [0.717, 1.165) is 4.88 Å². The van der Waals surface area contributed by atoms with Gasteiger partial charge in [-0.15, -0.1) is 11.3 Å². The highest BCUT2D eigenvalue weighted by Gasteiger charge is 2.15. The van der Waals surface area contributed by atoms with E-state index in [1.165, 1.54) is 30.6 Å². The average Bonchev–Trinajstić information content (AvgIpc) is 2.79. The van der Waals surface area contributed by atoms with E-state index in [1.54, 1.807) is 12.1 Å². The molecule has 0 bridgehead atoms. The number of nitro benzene ring substituents is 1. The lowest BCUT2D eigenvalue weighted by Gasteiger charge is -1.98. The van der Waals surface area contributed by atoms with E-state index in [4.69, 9.17) is 0 Å². The largest absolute Gasteiger partial charge is 0.469 e. The smallest absolute Gasteiger partial charge is 0.312 e. The normalized spacial score (nSPS) is 10.3. The third-order valence-corrected chi connectivity index (χ3v) is 3.67. The number of hydrogen-bond donors (Lipinski definition) is 0. The predicted molar refractivity (Wildman–Crippen MR) is 74.7 cm³/mol. The first-order valence-electron chi connectivity index (χ1n) is 5.79. The van der Waals surface area contributed by atoms with Crippen molar-refractivity contribution in [1.29, 1.82) is 0 Å². The number of non-ortho nitro benzene ring substituents is 1. The molecule has 7 heteroatoms. The molecule has 0 saturated heterocycles. The first-order valence-corrected chi connectivity index (χ1v) is 6.61. The van der Waals surface area contributed by atoms with Gasteiger partial charge in [-0.05, 0) is 6.92 Å². The lowest BCUT2D eigenvalue weighted by molar-refractivity contribution is -0.384. The van der Waals surface area contributed by atoms with Gasteiger partial charge in [-0.2, -0.15) is 0 Å². The lowest BCUT2D eigenvalue weighted by atomic mass is 10.1. The van der Waals surface area contributed by atoms with E-state index in [-0.39, 0.29) is 18.1 Å². The number of hydrogen-bond acceptors (Lipinski definition) is 6. The maximum atomic E-state index is 11.2. The SMILES string of the molecule is COC(=O)Cc1nc(-c2cccc([N+](=O)[O-])c2)c(C)s1. The van der Waals surface area contributed by atoms with Crippen molar-refractivity contribution < 1.29 is 14.5 Å². The molecule has 0 saturated carbocycles. The van der Waals surface area contributed by atoms with Crippen molar-refractivity contribution in [2.75, 3.05) is 7.11 Å². The minimum Gasteiger partial charge on any atom is -0.469 e. The molecule has 0 aliphatic rings. The molecule has 104 valence electrons. The van der Waals surface area contributed by atoms with Crippen LogP contribution in [0.2, 0.25) is 0 Å². The molecule has 0 aliphatic heterocycles. The summed E-state index contributed by atoms with van der Waals surface area (Å²) in [7, 11) is 1.32. The van der Waals surface area contributed by atoms with Crippen LogP contribution in [0.15, 0.2) is 24.3 Å². The molecule has 0 radical (unpaired) electrons. The maximum absolute atomic E-state index is 11.2. The van der Waals surface area contributed by atoms with E-state index >= 15 is 0 Å². The Labute approximate surface area is 119 Å². The summed E-state index contributed by atoms with van der Waals surface area (Å²) in [6, 6.07) is 6.29. The summed E-state index contributed by atoms with van der Waals surface area (Å²) in [4.78, 5) is 26.8. The van der Waals surface area contributed by atoms with Crippen molar-refractivity contribution >= 4 is 23.0 Å². The summed E-state index contributed by atoms with van der Waals surface area (Å²) < 4.78 is 4.60. The topological polar surface area (TPSA) is 82.3 Å². The zero-order valence-corrected chi connectivity index (χ0v) is 11.8. The number of benzene rings is 1. The number of thiazole rings is 1. The van der Waals surface area contributed by atoms with Gasteiger partial charge in [0.1, 0.15) is 5.01 Å². The summed E-state index contributed by atoms with van der Waals surface area (Å²) in [5.74, 6) is -0.357. The third kappa shape index (κ3) is 3.00. The Balaban J connectivity index is 2.35. The zero-order chi connectivity index (χ0) is 14.7. The predicted octanol–water partition coefficient (Wildman–Crippen LogP) is 2.74. The highest BCUT2D eigenvalue weighted by Crippen LogP contribution is 2.29. The molecule has 6 nitrogen and oxygen atoms in total. The van der Waals surface area contributed by atoms with Crippen molar-refractivity contribution in [2.45, 2.75) is 13.3 Å². The van der Waals surface area contributed by atoms with Gasteiger partial charge in [0, 0.05) is 22.6 Å². The number of carbonyl (C=O) groups excluding carboxylic acids is 1. The monoisotopic (exact) mass is 292 g/mol. The van der Waals surface area contributed by atoms with Crippen LogP contribution in [-0.4, -0.2) is 23.0 Å². The van der Waals surface area contributed by atoms with Crippen LogP contribution in [0.3, 0.4) is 0 Å². The molecule has 0 spiro atoms. The third-order valence-electron chi connectivity index (χ3n) is 2.69. The Morgan fingerprint density at radius 2 is 2.25 bits per heavy atom. The van der Waals surface area contributed by atoms with Gasteiger partial charge in [-0.25, -0.2) is 4.98 Å². The zero-order valence-electron chi connectivity index (χ0n) is 11.0. The molecule has 0 fully saturated rings. The number of ether oxygens (including phenoxy) is 1. The van der Waals surface area contributed by atoms with Crippen LogP contribution in [-0.2, 0) is 16.0 Å². The number of aryl methyl sites for hydroxylation is 1. The highest BCUT2D eigenvalue weighted by atomic mass is 32.1. The van der Waals surface area contributed by atoms with E-state index in [0.29, 0.717) is 16.3 Å². The van der Waals surface area contributed by atoms with Crippen LogP contribution < -0.4 is 0 Å². The van der Waals surface area contributed by atoms with Gasteiger partial charge >= 0.3 is 5.97 Å². The Morgan fingerprint density at radius 3 is 2.90 bits per heavy atom. The molecule has 0 aliphatic carbocycles. The van der Waals surface area contributed by atoms with Gasteiger partial charge in [-0.3, -0.25) is 14.9 Å². The second kappa shape index (κ2) is 5.79. The first-order chi connectivity index (χ1) is 9.51. The Morgan fingerprint density at radius 1 is 1.50 bits per heavy atom. The molecule has 0 unspecified atom stereocenters. The van der Waals surface area contributed by atoms with E-state index in [1.807, 2.05) is 6.92 Å². The van der Waals surface area contributed by atoms with Crippen LogP contribution in [0.25, 0.3) is 11.3 Å². The Bertz CT molecular complexity index is 666. The summed E-state index contributed by atoms with van der Waals surface area (Å²) >= 11 is 1.39. The van der Waals surface area contributed by atoms with Crippen molar-refractivity contribution in [2.24, 2.45) is 0 Å². The number of aromatic nitrogens is 1. The molecule has 0 N–H and O–H groups in total. The van der Waals surface area contributed by atoms with Crippen molar-refractivity contribution in [1.82, 2.24) is 4.98 Å². The molecule has 0 amide bonds. The summed E-state index contributed by atoms with van der Waals surface area (Å²) in [5, 5.41) is 11.4. The van der Waals surface area contributed by atoms with Gasteiger partial charge in [0.05, 0.1) is 24.1 Å². The van der Waals surface area contributed by atoms with E-state index in [9.17, 15) is 14.9 Å². The number of methoxy groups -OCH3 is 1. The van der Waals surface area contributed by atoms with Crippen molar-refractivity contribution in [3.63, 3.8) is 0 Å². The molecular weight excluding hydrogens is 280 g/mol. The van der Waals surface area contributed by atoms with Crippen molar-refractivity contribution in [3.05, 3.63) is 44.3 Å². The van der Waals surface area contributed by atoms with E-state index in [2.05, 4.69) is 9.72 Å². The summed E-state index contributed by atoms with van der Waals surface area (Å²) in [6.45, 7) is 1.87. The summed E-state index contributed by atoms with van der Waals surface area (Å²) in [5.41, 5.74) is 1.35. The highest BCUT2D eigenvalue weighted by molar-refractivity contribution is 7.12. The van der Waals surface area contributed by atoms with Gasteiger partial charge in [0.2, 0.25) is 0 Å². The number of nitro groups is 1. The first kappa shape index (κ1) is 14.1. The van der Waals surface area contributed by atoms with Crippen LogP contribution in [0.4, 0.5) is 5.69 Å². The van der Waals surface area contributed by atoms with Gasteiger partial charge < -0.3 is 4.74 Å². The fraction of sp³-hybridized carbons (Fsp3) is 0.231. The quantitative estimate of drug-likeness (QED) is 0.491. The number of carbonyl (C=O) groups is 1. The standard InChI is InChI=1S/C13H12N2O4S/c1-8-13(14-11(20-8)7-12(16)19-2)9-4-3-5-10(6-9)15(17)18/h3-6H,7H2,1-2H3. The second-order valence-corrected chi connectivity index (χ2v) is 5.36. The van der Waals surface area contributed by atoms with Gasteiger partial charge in [0.15, 0.2) is 0 Å². The maximum Gasteiger partial charge on any atom is 0.312 e. The minimum absolute atomic E-state index is 0.0180. The summed E-state index contributed by atoms with van der Waals surface area (Å²) in [6.07, 6.45) is 0.108. The number of nitrogens with zero attached hydrogens (tertiary/aromatic N) is 2. The Hall–Kier alpha value is -2.28. The van der Waals surface area contributed by atoms with Gasteiger partial charge in [0.25, 0.3) is 5.69 Å². The molecule has 2 aromatic rings. The molecule has 20 heavy (non-hydrogen) atoms. The van der Waals surface area contributed by atoms with Crippen LogP contribution in [0.1, 0.15) is 9.88 Å². The fourth-order valence-electron chi connectivity index (χ4n) is 1.76. The van der Waals surface area contributed by atoms with Crippen LogP contribution >= 0.6 is 11.3 Å². The Kier molecular flexibility index (Phi) is 4.09. The second-order valence-electron chi connectivity index (χ2n) is 4.07. The van der Waals surface area contributed by atoms with Crippen molar-refractivity contribution in [3.8, 4) is 11.3 Å². The molecule has 2 rings (SSSR count). The molecular formula is C13H12N2O4S. The minimum atomic E-state index is -0.444. The molecule has 0 atom stereocenters. The van der Waals surface area contributed by atoms with Crippen LogP contribution in [0.5, 0.6) is 0 Å². The van der Waals surface area contributed by atoms with Gasteiger partial charge in [-0.1, -0.05) is 12.1 Å². The fourth-order valence-corrected chi connectivity index (χ4v) is 2.70. The molecule has 1 aromatic carbocycles.